The highest BCUT2D eigenvalue weighted by atomic mass is 19.1. The Hall–Kier alpha value is -3.86. The summed E-state index contributed by atoms with van der Waals surface area (Å²) in [5.41, 5.74) is 2.03. The van der Waals surface area contributed by atoms with Crippen molar-refractivity contribution in [1.29, 1.82) is 5.41 Å². The normalized spacial score (nSPS) is 15.0. The lowest BCUT2D eigenvalue weighted by Gasteiger charge is -2.28. The Balaban J connectivity index is 1.60. The lowest BCUT2D eigenvalue weighted by atomic mass is 9.84. The second kappa shape index (κ2) is 13.0. The highest BCUT2D eigenvalue weighted by molar-refractivity contribution is 6.06. The molecule has 42 heavy (non-hydrogen) atoms. The van der Waals surface area contributed by atoms with Crippen LogP contribution in [0.4, 0.5) is 10.1 Å². The van der Waals surface area contributed by atoms with Crippen LogP contribution in [0.2, 0.25) is 0 Å². The molecule has 0 spiro atoms. The van der Waals surface area contributed by atoms with E-state index in [2.05, 4.69) is 5.32 Å². The molecule has 0 radical (unpaired) electrons. The van der Waals surface area contributed by atoms with Gasteiger partial charge >= 0.3 is 0 Å². The molecule has 0 aromatic heterocycles. The van der Waals surface area contributed by atoms with Crippen LogP contribution < -0.4 is 19.5 Å². The Bertz CT molecular complexity index is 1350. The Morgan fingerprint density at radius 3 is 2.38 bits per heavy atom. The van der Waals surface area contributed by atoms with E-state index in [0.717, 1.165) is 5.56 Å². The number of ether oxygens (including phenoxy) is 4. The Kier molecular flexibility index (Phi) is 9.60. The van der Waals surface area contributed by atoms with Crippen molar-refractivity contribution >= 4 is 23.2 Å². The average molecular weight is 585 g/mol. The van der Waals surface area contributed by atoms with Gasteiger partial charge in [0.15, 0.2) is 23.1 Å². The first-order valence-electron chi connectivity index (χ1n) is 14.3. The Labute approximate surface area is 246 Å². The fourth-order valence-electron chi connectivity index (χ4n) is 5.22. The van der Waals surface area contributed by atoms with Crippen molar-refractivity contribution in [3.63, 3.8) is 0 Å². The van der Waals surface area contributed by atoms with Crippen LogP contribution in [-0.4, -0.2) is 87.0 Å². The van der Waals surface area contributed by atoms with E-state index in [4.69, 9.17) is 24.4 Å². The van der Waals surface area contributed by atoms with E-state index in [0.29, 0.717) is 55.5 Å². The van der Waals surface area contributed by atoms with Gasteiger partial charge in [0.05, 0.1) is 57.9 Å². The van der Waals surface area contributed by atoms with Gasteiger partial charge < -0.3 is 34.1 Å². The number of carbonyl (C=O) groups excluding carboxylic acids is 2. The molecule has 4 rings (SSSR count). The summed E-state index contributed by atoms with van der Waals surface area (Å²) in [6.45, 7) is 12.3. The van der Waals surface area contributed by atoms with Crippen LogP contribution in [0.15, 0.2) is 18.2 Å². The first-order chi connectivity index (χ1) is 20.0. The largest absolute Gasteiger partial charge is 0.494 e. The number of methoxy groups -OCH3 is 1. The predicted octanol–water partition coefficient (Wildman–Crippen LogP) is 4.22. The molecule has 0 unspecified atom stereocenters. The molecule has 1 saturated heterocycles. The lowest BCUT2D eigenvalue weighted by Crippen LogP contribution is -2.43. The molecule has 1 fully saturated rings. The summed E-state index contributed by atoms with van der Waals surface area (Å²) in [5, 5.41) is 11.9. The molecule has 11 heteroatoms. The molecule has 0 atom stereocenters. The highest BCUT2D eigenvalue weighted by Crippen LogP contribution is 2.40. The van der Waals surface area contributed by atoms with Gasteiger partial charge in [0, 0.05) is 30.8 Å². The number of amides is 1. The van der Waals surface area contributed by atoms with Crippen molar-refractivity contribution in [3.05, 3.63) is 46.3 Å². The summed E-state index contributed by atoms with van der Waals surface area (Å²) in [6.07, 6.45) is 0. The Morgan fingerprint density at radius 2 is 1.76 bits per heavy atom. The molecule has 2 aromatic carbocycles. The number of benzene rings is 2. The number of anilines is 1. The lowest BCUT2D eigenvalue weighted by molar-refractivity contribution is -0.133. The van der Waals surface area contributed by atoms with Gasteiger partial charge in [0.25, 0.3) is 0 Å². The first kappa shape index (κ1) is 31.1. The second-order valence-electron chi connectivity index (χ2n) is 11.2. The number of hydrogen-bond donors (Lipinski definition) is 2. The van der Waals surface area contributed by atoms with Crippen molar-refractivity contribution in [3.8, 4) is 17.2 Å². The Morgan fingerprint density at radius 1 is 1.07 bits per heavy atom. The van der Waals surface area contributed by atoms with Gasteiger partial charge in [-0.3, -0.25) is 15.0 Å². The maximum absolute atomic E-state index is 15.5. The number of halogens is 1. The summed E-state index contributed by atoms with van der Waals surface area (Å²) < 4.78 is 37.7. The molecule has 2 heterocycles. The molecule has 228 valence electrons. The highest BCUT2D eigenvalue weighted by Gasteiger charge is 2.34. The number of morpholine rings is 1. The number of ketones is 1. The van der Waals surface area contributed by atoms with Crippen molar-refractivity contribution < 1.29 is 32.9 Å². The third-order valence-corrected chi connectivity index (χ3v) is 7.32. The van der Waals surface area contributed by atoms with Gasteiger partial charge in [-0.25, -0.2) is 4.39 Å². The van der Waals surface area contributed by atoms with E-state index in [1.165, 1.54) is 4.90 Å². The van der Waals surface area contributed by atoms with Crippen LogP contribution in [0, 0.1) is 11.2 Å². The first-order valence-corrected chi connectivity index (χ1v) is 14.3. The molecule has 10 nitrogen and oxygen atoms in total. The van der Waals surface area contributed by atoms with Crippen molar-refractivity contribution in [2.75, 3.05) is 65.0 Å². The van der Waals surface area contributed by atoms with Gasteiger partial charge in [-0.15, -0.1) is 0 Å². The summed E-state index contributed by atoms with van der Waals surface area (Å²) in [4.78, 5) is 29.8. The van der Waals surface area contributed by atoms with E-state index in [1.54, 1.807) is 44.1 Å². The number of rotatable bonds is 11. The maximum atomic E-state index is 15.5. The molecular weight excluding hydrogens is 543 g/mol. The zero-order chi connectivity index (χ0) is 30.6. The SMILES string of the molecule is CCOc1cc2c(c(F)c1OCC)C(=N)N(CC(=O)c1cc(NCC(=O)N3CCOCC3)c(OC)c(C(C)(C)C)c1)C2. The summed E-state index contributed by atoms with van der Waals surface area (Å²) >= 11 is 0. The van der Waals surface area contributed by atoms with Crippen LogP contribution in [0.1, 0.15) is 61.7 Å². The summed E-state index contributed by atoms with van der Waals surface area (Å²) in [5.74, 6) is -0.250. The number of carbonyl (C=O) groups is 2. The van der Waals surface area contributed by atoms with Crippen molar-refractivity contribution in [2.45, 2.75) is 46.6 Å². The van der Waals surface area contributed by atoms with Crippen molar-refractivity contribution in [2.24, 2.45) is 0 Å². The predicted molar refractivity (Wildman–Crippen MR) is 158 cm³/mol. The quantitative estimate of drug-likeness (QED) is 0.378. The molecule has 0 aliphatic carbocycles. The van der Waals surface area contributed by atoms with E-state index >= 15 is 4.39 Å². The van der Waals surface area contributed by atoms with E-state index in [-0.39, 0.29) is 66.2 Å². The molecule has 2 aromatic rings. The number of nitrogens with zero attached hydrogens (tertiary/aromatic N) is 2. The molecule has 2 aliphatic rings. The zero-order valence-electron chi connectivity index (χ0n) is 25.3. The van der Waals surface area contributed by atoms with Crippen LogP contribution in [0.5, 0.6) is 17.2 Å². The zero-order valence-corrected chi connectivity index (χ0v) is 25.3. The van der Waals surface area contributed by atoms with Gasteiger partial charge in [-0.2, -0.15) is 0 Å². The maximum Gasteiger partial charge on any atom is 0.242 e. The minimum absolute atomic E-state index is 0.0247. The fraction of sp³-hybridized carbons (Fsp3) is 0.516. The number of nitrogens with one attached hydrogen (secondary N) is 2. The van der Waals surface area contributed by atoms with E-state index in [1.807, 2.05) is 20.8 Å². The monoisotopic (exact) mass is 584 g/mol. The minimum atomic E-state index is -0.659. The molecule has 0 bridgehead atoms. The molecule has 1 amide bonds. The van der Waals surface area contributed by atoms with Crippen LogP contribution in [0.25, 0.3) is 0 Å². The van der Waals surface area contributed by atoms with E-state index in [9.17, 15) is 9.59 Å². The average Bonchev–Trinajstić information content (AvgIpc) is 3.27. The molecule has 2 aliphatic heterocycles. The summed E-state index contributed by atoms with van der Waals surface area (Å²) in [7, 11) is 1.56. The number of hydrogen-bond acceptors (Lipinski definition) is 8. The van der Waals surface area contributed by atoms with Gasteiger partial charge in [0.1, 0.15) is 11.6 Å². The van der Waals surface area contributed by atoms with Gasteiger partial charge in [0.2, 0.25) is 5.91 Å². The van der Waals surface area contributed by atoms with Crippen LogP contribution in [-0.2, 0) is 21.5 Å². The molecule has 0 saturated carbocycles. The third-order valence-electron chi connectivity index (χ3n) is 7.32. The topological polar surface area (TPSA) is 113 Å². The van der Waals surface area contributed by atoms with Crippen molar-refractivity contribution in [1.82, 2.24) is 9.80 Å². The number of amidine groups is 1. The standard InChI is InChI=1S/C31H41FN4O6/c1-7-41-24-15-20-17-36(30(33)26(20)27(32)29(24)42-8-2)18-23(37)19-13-21(31(3,4)5)28(39-6)22(14-19)34-16-25(38)35-9-11-40-12-10-35/h13-15,33-34H,7-12,16-18H2,1-6H3. The molecular formula is C31H41FN4O6. The van der Waals surface area contributed by atoms with Gasteiger partial charge in [-0.05, 0) is 43.0 Å². The van der Waals surface area contributed by atoms with Gasteiger partial charge in [-0.1, -0.05) is 20.8 Å². The smallest absolute Gasteiger partial charge is 0.242 e. The van der Waals surface area contributed by atoms with Crippen LogP contribution in [0.3, 0.4) is 0 Å². The summed E-state index contributed by atoms with van der Waals surface area (Å²) in [6, 6.07) is 5.16. The van der Waals surface area contributed by atoms with E-state index < -0.39 is 5.82 Å². The number of fused-ring (bicyclic) bond motifs is 1. The minimum Gasteiger partial charge on any atom is -0.494 e. The molecule has 2 N–H and O–H groups in total. The fourth-order valence-corrected chi connectivity index (χ4v) is 5.22. The van der Waals surface area contributed by atoms with Crippen LogP contribution >= 0.6 is 0 Å². The third kappa shape index (κ3) is 6.46. The number of Topliss-reactive ketones (excluding diaryl/α,β-unsaturated/α-hetero) is 1. The second-order valence-corrected chi connectivity index (χ2v) is 11.2.